The molecular weight excluding hydrogens is 199 g/mol. The Bertz CT molecular complexity index is 266. The molecule has 1 heterocycles. The van der Waals surface area contributed by atoms with Crippen LogP contribution in [0.4, 0.5) is 0 Å². The van der Waals surface area contributed by atoms with Gasteiger partial charge in [0.05, 0.1) is 5.75 Å². The highest BCUT2D eigenvalue weighted by atomic mass is 35.5. The Morgan fingerprint density at radius 2 is 1.90 bits per heavy atom. The molecule has 0 bridgehead atoms. The molecule has 6 heteroatoms. The lowest BCUT2D eigenvalue weighted by atomic mass is 10.3. The van der Waals surface area contributed by atoms with Crippen molar-refractivity contribution in [3.63, 3.8) is 0 Å². The van der Waals surface area contributed by atoms with E-state index in [4.69, 9.17) is 23.2 Å². The first-order valence-corrected chi connectivity index (χ1v) is 4.92. The summed E-state index contributed by atoms with van der Waals surface area (Å²) in [5.41, 5.74) is 0. The molecule has 0 unspecified atom stereocenters. The van der Waals surface area contributed by atoms with E-state index in [1.807, 2.05) is 0 Å². The van der Waals surface area contributed by atoms with E-state index in [0.29, 0.717) is 0 Å². The van der Waals surface area contributed by atoms with Crippen LogP contribution in [-0.4, -0.2) is 23.6 Å². The number of carbonyl (C=O) groups excluding carboxylic acids is 1. The largest absolute Gasteiger partial charge is 0.295 e. The molecule has 1 aliphatic rings. The van der Waals surface area contributed by atoms with Crippen LogP contribution in [0.5, 0.6) is 0 Å². The Hall–Kier alpha value is 0.200. The monoisotopic (exact) mass is 202 g/mol. The predicted molar refractivity (Wildman–Crippen MR) is 37.8 cm³/mol. The Morgan fingerprint density at radius 1 is 1.40 bits per heavy atom. The zero-order chi connectivity index (χ0) is 7.99. The topological polar surface area (TPSA) is 51.2 Å². The lowest BCUT2D eigenvalue weighted by Gasteiger charge is -2.06. The maximum atomic E-state index is 10.8. The van der Waals surface area contributed by atoms with Crippen molar-refractivity contribution < 1.29 is 13.2 Å². The summed E-state index contributed by atoms with van der Waals surface area (Å²) < 4.78 is 19.4. The van der Waals surface area contributed by atoms with Crippen LogP contribution in [0.3, 0.4) is 0 Å². The molecule has 0 atom stereocenters. The molecule has 0 N–H and O–H groups in total. The summed E-state index contributed by atoms with van der Waals surface area (Å²) >= 11 is 10.5. The number of ketones is 1. The Kier molecular flexibility index (Phi) is 1.74. The predicted octanol–water partition coefficient (Wildman–Crippen LogP) is 0.505. The van der Waals surface area contributed by atoms with E-state index in [-0.39, 0.29) is 12.2 Å². The first kappa shape index (κ1) is 8.30. The average Bonchev–Trinajstić information content (AvgIpc) is 1.94. The van der Waals surface area contributed by atoms with Crippen molar-refractivity contribution in [2.24, 2.45) is 0 Å². The van der Waals surface area contributed by atoms with Crippen molar-refractivity contribution in [3.05, 3.63) is 0 Å². The van der Waals surface area contributed by atoms with Crippen LogP contribution in [0.1, 0.15) is 6.42 Å². The molecule has 1 saturated heterocycles. The van der Waals surface area contributed by atoms with E-state index in [0.717, 1.165) is 0 Å². The molecule has 58 valence electrons. The van der Waals surface area contributed by atoms with Crippen LogP contribution in [0.15, 0.2) is 0 Å². The summed E-state index contributed by atoms with van der Waals surface area (Å²) in [5.74, 6) is -0.866. The molecule has 0 aromatic carbocycles. The third-order valence-electron chi connectivity index (χ3n) is 1.31. The van der Waals surface area contributed by atoms with Crippen molar-refractivity contribution in [1.82, 2.24) is 0 Å². The average molecular weight is 203 g/mol. The molecule has 10 heavy (non-hydrogen) atoms. The van der Waals surface area contributed by atoms with E-state index in [9.17, 15) is 13.2 Å². The molecule has 0 aliphatic carbocycles. The van der Waals surface area contributed by atoms with Gasteiger partial charge in [-0.3, -0.25) is 4.79 Å². The minimum absolute atomic E-state index is 0.0741. The van der Waals surface area contributed by atoms with Crippen LogP contribution in [-0.2, 0) is 14.6 Å². The number of halogens is 2. The van der Waals surface area contributed by atoms with Gasteiger partial charge in [-0.1, -0.05) is 23.2 Å². The second-order valence-corrected chi connectivity index (χ2v) is 6.03. The number of carbonyl (C=O) groups is 1. The highest BCUT2D eigenvalue weighted by Crippen LogP contribution is 2.36. The van der Waals surface area contributed by atoms with Crippen molar-refractivity contribution in [3.8, 4) is 0 Å². The second-order valence-electron chi connectivity index (χ2n) is 2.01. The summed E-state index contributed by atoms with van der Waals surface area (Å²) in [4.78, 5) is 10.7. The van der Waals surface area contributed by atoms with E-state index >= 15 is 0 Å². The molecule has 1 rings (SSSR count). The maximum absolute atomic E-state index is 10.8. The van der Waals surface area contributed by atoms with Gasteiger partial charge in [-0.25, -0.2) is 8.42 Å². The van der Waals surface area contributed by atoms with Crippen LogP contribution in [0, 0.1) is 0 Å². The highest BCUT2D eigenvalue weighted by molar-refractivity contribution is 7.97. The van der Waals surface area contributed by atoms with Gasteiger partial charge in [0.25, 0.3) is 3.67 Å². The molecule has 0 aromatic rings. The van der Waals surface area contributed by atoms with Gasteiger partial charge in [0.15, 0.2) is 15.6 Å². The van der Waals surface area contributed by atoms with Crippen molar-refractivity contribution >= 4 is 38.8 Å². The highest BCUT2D eigenvalue weighted by Gasteiger charge is 2.52. The van der Waals surface area contributed by atoms with Gasteiger partial charge in [-0.15, -0.1) is 0 Å². The van der Waals surface area contributed by atoms with Crippen molar-refractivity contribution in [1.29, 1.82) is 0 Å². The Labute approximate surface area is 68.2 Å². The summed E-state index contributed by atoms with van der Waals surface area (Å²) in [7, 11) is -3.59. The Morgan fingerprint density at radius 3 is 2.00 bits per heavy atom. The van der Waals surface area contributed by atoms with Crippen LogP contribution in [0.25, 0.3) is 0 Å². The van der Waals surface area contributed by atoms with E-state index in [1.54, 1.807) is 0 Å². The summed E-state index contributed by atoms with van der Waals surface area (Å²) in [6, 6.07) is 0. The summed E-state index contributed by atoms with van der Waals surface area (Å²) in [5, 5.41) is 0. The van der Waals surface area contributed by atoms with E-state index in [1.165, 1.54) is 0 Å². The molecule has 0 amide bonds. The lowest BCUT2D eigenvalue weighted by Crippen LogP contribution is -2.27. The Balaban J connectivity index is 3.21. The fraction of sp³-hybridized carbons (Fsp3) is 0.750. The third kappa shape index (κ3) is 0.946. The second kappa shape index (κ2) is 2.09. The quantitative estimate of drug-likeness (QED) is 0.539. The third-order valence-corrected chi connectivity index (χ3v) is 4.90. The van der Waals surface area contributed by atoms with E-state index < -0.39 is 19.3 Å². The van der Waals surface area contributed by atoms with Crippen LogP contribution in [0.2, 0.25) is 0 Å². The maximum Gasteiger partial charge on any atom is 0.275 e. The normalized spacial score (nSPS) is 28.8. The number of alkyl halides is 2. The number of rotatable bonds is 0. The molecule has 0 radical (unpaired) electrons. The zero-order valence-corrected chi connectivity index (χ0v) is 7.13. The van der Waals surface area contributed by atoms with Gasteiger partial charge < -0.3 is 0 Å². The minimum Gasteiger partial charge on any atom is -0.295 e. The fourth-order valence-corrected chi connectivity index (χ4v) is 2.49. The summed E-state index contributed by atoms with van der Waals surface area (Å²) in [6.07, 6.45) is -0.0741. The van der Waals surface area contributed by atoms with Gasteiger partial charge >= 0.3 is 0 Å². The molecule has 3 nitrogen and oxygen atoms in total. The van der Waals surface area contributed by atoms with Crippen LogP contribution < -0.4 is 0 Å². The molecule has 1 aliphatic heterocycles. The molecule has 0 aromatic heterocycles. The van der Waals surface area contributed by atoms with Gasteiger partial charge in [0, 0.05) is 6.42 Å². The van der Waals surface area contributed by atoms with Gasteiger partial charge in [0.1, 0.15) is 0 Å². The first-order chi connectivity index (χ1) is 4.38. The standard InChI is InChI=1S/C4H4Cl2O3S/c5-4(6)3(7)1-2-10(4,8)9/h1-2H2. The lowest BCUT2D eigenvalue weighted by molar-refractivity contribution is -0.117. The molecule has 0 spiro atoms. The van der Waals surface area contributed by atoms with Gasteiger partial charge in [-0.05, 0) is 0 Å². The first-order valence-electron chi connectivity index (χ1n) is 2.51. The number of hydrogen-bond donors (Lipinski definition) is 0. The number of sulfone groups is 1. The molecule has 0 saturated carbocycles. The van der Waals surface area contributed by atoms with Crippen molar-refractivity contribution in [2.45, 2.75) is 10.1 Å². The SMILES string of the molecule is O=C1CCS(=O)(=O)C1(Cl)Cl. The molecule has 1 fully saturated rings. The van der Waals surface area contributed by atoms with Crippen LogP contribution >= 0.6 is 23.2 Å². The zero-order valence-electron chi connectivity index (χ0n) is 4.80. The minimum atomic E-state index is -3.59. The van der Waals surface area contributed by atoms with Gasteiger partial charge in [0.2, 0.25) is 0 Å². The van der Waals surface area contributed by atoms with E-state index in [2.05, 4.69) is 0 Å². The summed E-state index contributed by atoms with van der Waals surface area (Å²) in [6.45, 7) is 0. The smallest absolute Gasteiger partial charge is 0.275 e. The number of Topliss-reactive ketones (excluding diaryl/α,β-unsaturated/α-hetero) is 1. The fourth-order valence-electron chi connectivity index (χ4n) is 0.674. The van der Waals surface area contributed by atoms with Crippen molar-refractivity contribution in [2.75, 3.05) is 5.75 Å². The van der Waals surface area contributed by atoms with Gasteiger partial charge in [-0.2, -0.15) is 0 Å². The molecular formula is C4H4Cl2O3S. The number of hydrogen-bond acceptors (Lipinski definition) is 3.